The van der Waals surface area contributed by atoms with E-state index in [0.717, 1.165) is 90.1 Å². The number of rotatable bonds is 13. The number of hydrogen-bond acceptors (Lipinski definition) is 4. The molecule has 3 aliphatic rings. The summed E-state index contributed by atoms with van der Waals surface area (Å²) in [4.78, 5) is 13.6. The number of nitrogens with one attached hydrogen (secondary N) is 1. The number of methoxy groups -OCH3 is 2. The maximum absolute atomic E-state index is 15.2. The minimum atomic E-state index is -4.72. The Morgan fingerprint density at radius 3 is 1.91 bits per heavy atom. The number of halogens is 3. The van der Waals surface area contributed by atoms with E-state index >= 15 is 13.2 Å². The molecule has 1 heterocycles. The highest BCUT2D eigenvalue weighted by Crippen LogP contribution is 2.59. The van der Waals surface area contributed by atoms with Gasteiger partial charge in [0.25, 0.3) is 5.91 Å². The third kappa shape index (κ3) is 9.17. The number of anilines is 1. The molecule has 1 amide bonds. The van der Waals surface area contributed by atoms with Gasteiger partial charge in [0, 0.05) is 38.7 Å². The van der Waals surface area contributed by atoms with Crippen LogP contribution in [0.15, 0.2) is 164 Å². The Balaban J connectivity index is 0.876. The molecule has 1 saturated carbocycles. The fourth-order valence-electron chi connectivity index (χ4n) is 12.3. The average Bonchev–Trinajstić information content (AvgIpc) is 3.77. The van der Waals surface area contributed by atoms with E-state index in [9.17, 15) is 4.79 Å². The molecule has 0 bridgehead atoms. The molecule has 2 aliphatic carbocycles. The maximum Gasteiger partial charge on any atom is 0.417 e. The fourth-order valence-corrected chi connectivity index (χ4v) is 12.3. The van der Waals surface area contributed by atoms with Gasteiger partial charge in [0.1, 0.15) is 17.2 Å². The molecule has 0 aromatic heterocycles. The molecule has 5 nitrogen and oxygen atoms in total. The van der Waals surface area contributed by atoms with E-state index in [-0.39, 0.29) is 11.3 Å². The van der Waals surface area contributed by atoms with Gasteiger partial charge in [-0.3, -0.25) is 4.79 Å². The standard InChI is InChI=1S/C67H62F3NO4/c1-6-7-8-11-42-14-16-43(17-15-42)44-18-20-45(21-19-44)46-22-24-47(25-23-46)64(72)71-51-31-36-54(60(41-51)67(68,69)70)48-26-37-59-58(40-48)61-55-12-9-10-13-56(55)63-57(62(61)65(59,2)3)38-39-66(75-63,49-27-32-52(73-4)33-28-49)50-29-34-53(74-5)35-30-50/h9-10,12-13,18-43H,6-8,11,14-17H2,1-5H3,(H,71,72). The Labute approximate surface area is 438 Å². The third-order valence-electron chi connectivity index (χ3n) is 16.4. The largest absolute Gasteiger partial charge is 0.497 e. The second-order valence-electron chi connectivity index (χ2n) is 21.2. The first-order valence-corrected chi connectivity index (χ1v) is 26.4. The summed E-state index contributed by atoms with van der Waals surface area (Å²) in [5.74, 6) is 3.15. The number of amides is 1. The van der Waals surface area contributed by atoms with Crippen molar-refractivity contribution in [2.75, 3.05) is 19.5 Å². The van der Waals surface area contributed by atoms with Gasteiger partial charge in [0.05, 0.1) is 19.8 Å². The van der Waals surface area contributed by atoms with Crippen LogP contribution in [0.4, 0.5) is 18.9 Å². The Morgan fingerprint density at radius 2 is 1.29 bits per heavy atom. The van der Waals surface area contributed by atoms with Crippen LogP contribution in [0.25, 0.3) is 50.2 Å². The van der Waals surface area contributed by atoms with E-state index in [0.29, 0.717) is 17.0 Å². The molecule has 1 aliphatic heterocycles. The molecule has 75 heavy (non-hydrogen) atoms. The summed E-state index contributed by atoms with van der Waals surface area (Å²) >= 11 is 0. The van der Waals surface area contributed by atoms with Crippen LogP contribution in [-0.2, 0) is 17.2 Å². The smallest absolute Gasteiger partial charge is 0.417 e. The lowest BCUT2D eigenvalue weighted by atomic mass is 9.76. The highest BCUT2D eigenvalue weighted by molar-refractivity contribution is 6.09. The summed E-state index contributed by atoms with van der Waals surface area (Å²) < 4.78 is 64.2. The van der Waals surface area contributed by atoms with Gasteiger partial charge in [0.15, 0.2) is 5.60 Å². The average molecular weight is 1000 g/mol. The molecule has 8 aromatic rings. The molecule has 1 fully saturated rings. The van der Waals surface area contributed by atoms with Crippen molar-refractivity contribution in [1.82, 2.24) is 0 Å². The fraction of sp³-hybridized carbons (Fsp3) is 0.269. The van der Waals surface area contributed by atoms with Gasteiger partial charge in [-0.05, 0) is 154 Å². The number of alkyl halides is 3. The van der Waals surface area contributed by atoms with E-state index in [2.05, 4.69) is 74.6 Å². The molecule has 11 rings (SSSR count). The monoisotopic (exact) mass is 1000 g/mol. The van der Waals surface area contributed by atoms with Crippen molar-refractivity contribution in [3.05, 3.63) is 208 Å². The highest BCUT2D eigenvalue weighted by atomic mass is 19.4. The van der Waals surface area contributed by atoms with Crippen molar-refractivity contribution < 1.29 is 32.2 Å². The second kappa shape index (κ2) is 19.9. The summed E-state index contributed by atoms with van der Waals surface area (Å²) in [6.45, 7) is 6.60. The number of ether oxygens (including phenoxy) is 3. The number of hydrogen-bond donors (Lipinski definition) is 1. The molecule has 8 aromatic carbocycles. The number of unbranched alkanes of at least 4 members (excludes halogenated alkanes) is 2. The molecule has 8 heteroatoms. The maximum atomic E-state index is 15.2. The SMILES string of the molecule is CCCCCC1CCC(c2ccc(-c3ccc(C(=O)Nc4ccc(-c5ccc6c(c5)-c5c(c7c(c8ccccc58)OC(c5ccc(OC)cc5)(c5ccc(OC)cc5)C=C7)C6(C)C)c(C(F)(F)F)c4)cc3)cc2)CC1. The van der Waals surface area contributed by atoms with Crippen LogP contribution in [0.1, 0.15) is 127 Å². The highest BCUT2D eigenvalue weighted by Gasteiger charge is 2.45. The molecular formula is C67H62F3NO4. The van der Waals surface area contributed by atoms with Crippen molar-refractivity contribution in [2.24, 2.45) is 5.92 Å². The van der Waals surface area contributed by atoms with Crippen LogP contribution in [-0.4, -0.2) is 20.1 Å². The summed E-state index contributed by atoms with van der Waals surface area (Å²) in [6, 6.07) is 49.6. The number of fused-ring (bicyclic) bond motifs is 8. The molecule has 1 N–H and O–H groups in total. The lowest BCUT2D eigenvalue weighted by Gasteiger charge is -2.38. The number of benzene rings is 8. The molecule has 0 atom stereocenters. The predicted octanol–water partition coefficient (Wildman–Crippen LogP) is 18.0. The Kier molecular flexibility index (Phi) is 13.2. The van der Waals surface area contributed by atoms with E-state index in [1.54, 1.807) is 38.5 Å². The van der Waals surface area contributed by atoms with Gasteiger partial charge in [0.2, 0.25) is 0 Å². The van der Waals surface area contributed by atoms with Crippen LogP contribution in [0.2, 0.25) is 0 Å². The van der Waals surface area contributed by atoms with Gasteiger partial charge >= 0.3 is 6.18 Å². The normalized spacial score (nSPS) is 17.1. The van der Waals surface area contributed by atoms with E-state index < -0.39 is 28.7 Å². The van der Waals surface area contributed by atoms with Gasteiger partial charge < -0.3 is 19.5 Å². The molecule has 0 spiro atoms. The van der Waals surface area contributed by atoms with Crippen LogP contribution >= 0.6 is 0 Å². The quantitative estimate of drug-likeness (QED) is 0.117. The second-order valence-corrected chi connectivity index (χ2v) is 21.2. The number of carbonyl (C=O) groups is 1. The van der Waals surface area contributed by atoms with Crippen LogP contribution in [0.5, 0.6) is 17.2 Å². The van der Waals surface area contributed by atoms with Crippen molar-refractivity contribution >= 4 is 28.4 Å². The van der Waals surface area contributed by atoms with E-state index in [1.165, 1.54) is 63.0 Å². The van der Waals surface area contributed by atoms with Crippen molar-refractivity contribution in [3.8, 4) is 50.6 Å². The first kappa shape index (κ1) is 49.6. The zero-order valence-electron chi connectivity index (χ0n) is 43.2. The van der Waals surface area contributed by atoms with Crippen LogP contribution in [0.3, 0.4) is 0 Å². The zero-order chi connectivity index (χ0) is 52.1. The van der Waals surface area contributed by atoms with Crippen LogP contribution < -0.4 is 19.5 Å². The Bertz CT molecular complexity index is 3390. The first-order chi connectivity index (χ1) is 36.3. The lowest BCUT2D eigenvalue weighted by Crippen LogP contribution is -2.35. The topological polar surface area (TPSA) is 56.8 Å². The summed E-state index contributed by atoms with van der Waals surface area (Å²) in [7, 11) is 3.28. The Morgan fingerprint density at radius 1 is 0.680 bits per heavy atom. The lowest BCUT2D eigenvalue weighted by molar-refractivity contribution is -0.137. The van der Waals surface area contributed by atoms with Crippen molar-refractivity contribution in [1.29, 1.82) is 0 Å². The first-order valence-electron chi connectivity index (χ1n) is 26.4. The molecule has 0 radical (unpaired) electrons. The third-order valence-corrected chi connectivity index (χ3v) is 16.4. The number of carbonyl (C=O) groups excluding carboxylic acids is 1. The minimum Gasteiger partial charge on any atom is -0.497 e. The summed E-state index contributed by atoms with van der Waals surface area (Å²) in [5, 5.41) is 4.57. The summed E-state index contributed by atoms with van der Waals surface area (Å²) in [6.07, 6.45) is 9.93. The molecular weight excluding hydrogens is 940 g/mol. The van der Waals surface area contributed by atoms with Crippen molar-refractivity contribution in [3.63, 3.8) is 0 Å². The molecule has 0 saturated heterocycles. The molecule has 0 unspecified atom stereocenters. The minimum absolute atomic E-state index is 0.0225. The van der Waals surface area contributed by atoms with Gasteiger partial charge in [-0.1, -0.05) is 156 Å². The van der Waals surface area contributed by atoms with Crippen LogP contribution in [0, 0.1) is 5.92 Å². The zero-order valence-corrected chi connectivity index (χ0v) is 43.2. The van der Waals surface area contributed by atoms with E-state index in [4.69, 9.17) is 14.2 Å². The van der Waals surface area contributed by atoms with Gasteiger partial charge in [-0.2, -0.15) is 13.2 Å². The predicted molar refractivity (Wildman–Crippen MR) is 297 cm³/mol. The summed E-state index contributed by atoms with van der Waals surface area (Å²) in [5.41, 5.74) is 8.45. The van der Waals surface area contributed by atoms with Crippen molar-refractivity contribution in [2.45, 2.75) is 95.2 Å². The van der Waals surface area contributed by atoms with E-state index in [1.807, 2.05) is 84.9 Å². The van der Waals surface area contributed by atoms with Gasteiger partial charge in [-0.25, -0.2) is 0 Å². The van der Waals surface area contributed by atoms with Gasteiger partial charge in [-0.15, -0.1) is 0 Å². The Hall–Kier alpha value is -7.58. The molecule has 380 valence electrons.